The van der Waals surface area contributed by atoms with E-state index in [-0.39, 0.29) is 11.8 Å². The molecule has 1 atom stereocenters. The number of nitrogens with one attached hydrogen (secondary N) is 1. The summed E-state index contributed by atoms with van der Waals surface area (Å²) in [6.45, 7) is 9.47. The fourth-order valence-corrected chi connectivity index (χ4v) is 3.32. The lowest BCUT2D eigenvalue weighted by Gasteiger charge is -2.22. The van der Waals surface area contributed by atoms with Crippen LogP contribution in [0.4, 0.5) is 0 Å². The van der Waals surface area contributed by atoms with Gasteiger partial charge >= 0.3 is 0 Å². The number of alkyl halides is 1. The molecule has 1 amide bonds. The van der Waals surface area contributed by atoms with Crippen molar-refractivity contribution in [2.45, 2.75) is 71.0 Å². The Labute approximate surface area is 121 Å². The smallest absolute Gasteiger partial charge is 0.223 e. The fourth-order valence-electron chi connectivity index (χ4n) is 2.41. The van der Waals surface area contributed by atoms with Crippen molar-refractivity contribution in [1.82, 2.24) is 5.32 Å². The Morgan fingerprint density at radius 1 is 1.06 bits per heavy atom. The van der Waals surface area contributed by atoms with Crippen LogP contribution >= 0.6 is 15.9 Å². The molecule has 2 nitrogen and oxygen atoms in total. The van der Waals surface area contributed by atoms with Crippen molar-refractivity contribution in [3.8, 4) is 0 Å². The Kier molecular flexibility index (Phi) is 10.8. The molecule has 0 spiro atoms. The summed E-state index contributed by atoms with van der Waals surface area (Å²) in [6.07, 6.45) is 6.52. The van der Waals surface area contributed by atoms with Crippen molar-refractivity contribution in [3.63, 3.8) is 0 Å². The van der Waals surface area contributed by atoms with Gasteiger partial charge in [-0.1, -0.05) is 69.3 Å². The highest BCUT2D eigenvalue weighted by atomic mass is 79.9. The molecule has 0 saturated heterocycles. The molecule has 0 aliphatic rings. The molecule has 0 aliphatic heterocycles. The van der Waals surface area contributed by atoms with E-state index in [0.717, 1.165) is 45.1 Å². The summed E-state index contributed by atoms with van der Waals surface area (Å²) in [7, 11) is 0. The maximum atomic E-state index is 12.1. The van der Waals surface area contributed by atoms with E-state index in [1.54, 1.807) is 0 Å². The number of hydrogen-bond acceptors (Lipinski definition) is 1. The van der Waals surface area contributed by atoms with Gasteiger partial charge in [-0.3, -0.25) is 4.79 Å². The van der Waals surface area contributed by atoms with Gasteiger partial charge in [-0.15, -0.1) is 0 Å². The van der Waals surface area contributed by atoms with E-state index in [9.17, 15) is 4.79 Å². The predicted octanol–water partition coefficient (Wildman–Crippen LogP) is 4.52. The quantitative estimate of drug-likeness (QED) is 0.589. The highest BCUT2D eigenvalue weighted by molar-refractivity contribution is 9.09. The first kappa shape index (κ1) is 17.9. The summed E-state index contributed by atoms with van der Waals surface area (Å²) in [5.74, 6) is 1.11. The molecule has 0 aliphatic carbocycles. The van der Waals surface area contributed by atoms with Gasteiger partial charge in [-0.2, -0.15) is 0 Å². The zero-order valence-electron chi connectivity index (χ0n) is 12.5. The number of carbonyl (C=O) groups is 1. The monoisotopic (exact) mass is 319 g/mol. The maximum absolute atomic E-state index is 12.1. The van der Waals surface area contributed by atoms with E-state index in [1.807, 2.05) is 0 Å². The second-order valence-electron chi connectivity index (χ2n) is 5.11. The molecule has 108 valence electrons. The minimum atomic E-state index is 0.210. The van der Waals surface area contributed by atoms with Crippen LogP contribution in [-0.2, 0) is 4.79 Å². The van der Waals surface area contributed by atoms with Crippen molar-refractivity contribution >= 4 is 21.8 Å². The highest BCUT2D eigenvalue weighted by Gasteiger charge is 2.19. The molecule has 0 rings (SSSR count). The van der Waals surface area contributed by atoms with Crippen molar-refractivity contribution in [3.05, 3.63) is 0 Å². The lowest BCUT2D eigenvalue weighted by Crippen LogP contribution is -2.36. The Hall–Kier alpha value is -0.0500. The van der Waals surface area contributed by atoms with Crippen molar-refractivity contribution in [2.75, 3.05) is 6.54 Å². The highest BCUT2D eigenvalue weighted by Crippen LogP contribution is 2.20. The van der Waals surface area contributed by atoms with Crippen LogP contribution in [0.15, 0.2) is 0 Å². The summed E-state index contributed by atoms with van der Waals surface area (Å²) in [5.41, 5.74) is 0. The van der Waals surface area contributed by atoms with E-state index < -0.39 is 0 Å². The third-order valence-corrected chi connectivity index (χ3v) is 4.75. The lowest BCUT2D eigenvalue weighted by molar-refractivity contribution is -0.125. The van der Waals surface area contributed by atoms with Crippen LogP contribution in [0.5, 0.6) is 0 Å². The minimum absolute atomic E-state index is 0.210. The number of amides is 1. The second kappa shape index (κ2) is 10.8. The van der Waals surface area contributed by atoms with Gasteiger partial charge < -0.3 is 5.32 Å². The standard InChI is InChI=1S/C15H30BrNO/c1-5-9-13(10-6-2)15(18)17-11-14(16)12(7-3)8-4/h12-14H,5-11H2,1-4H3,(H,17,18). The summed E-state index contributed by atoms with van der Waals surface area (Å²) in [5, 5.41) is 3.12. The average Bonchev–Trinajstić information content (AvgIpc) is 2.37. The summed E-state index contributed by atoms with van der Waals surface area (Å²) < 4.78 is 0. The molecule has 18 heavy (non-hydrogen) atoms. The number of rotatable bonds is 10. The Bertz CT molecular complexity index is 211. The van der Waals surface area contributed by atoms with E-state index in [1.165, 1.54) is 0 Å². The van der Waals surface area contributed by atoms with Crippen molar-refractivity contribution in [1.29, 1.82) is 0 Å². The molecule has 0 saturated carbocycles. The Morgan fingerprint density at radius 3 is 1.94 bits per heavy atom. The van der Waals surface area contributed by atoms with Gasteiger partial charge in [0.15, 0.2) is 0 Å². The Balaban J connectivity index is 4.12. The van der Waals surface area contributed by atoms with Crippen LogP contribution in [0.25, 0.3) is 0 Å². The van der Waals surface area contributed by atoms with E-state index in [0.29, 0.717) is 10.7 Å². The van der Waals surface area contributed by atoms with Gasteiger partial charge in [0.05, 0.1) is 0 Å². The first-order valence-electron chi connectivity index (χ1n) is 7.52. The second-order valence-corrected chi connectivity index (χ2v) is 6.29. The van der Waals surface area contributed by atoms with Crippen molar-refractivity contribution < 1.29 is 4.79 Å². The van der Waals surface area contributed by atoms with Gasteiger partial charge in [0.2, 0.25) is 5.91 Å². The summed E-state index contributed by atoms with van der Waals surface area (Å²) in [6, 6.07) is 0. The molecule has 0 aromatic heterocycles. The minimum Gasteiger partial charge on any atom is -0.355 e. The Morgan fingerprint density at radius 2 is 1.56 bits per heavy atom. The molecule has 0 bridgehead atoms. The fraction of sp³-hybridized carbons (Fsp3) is 0.933. The van der Waals surface area contributed by atoms with Gasteiger partial charge in [0, 0.05) is 17.3 Å². The van der Waals surface area contributed by atoms with E-state index in [4.69, 9.17) is 0 Å². The average molecular weight is 320 g/mol. The van der Waals surface area contributed by atoms with E-state index >= 15 is 0 Å². The molecule has 0 heterocycles. The zero-order valence-corrected chi connectivity index (χ0v) is 14.1. The third-order valence-electron chi connectivity index (χ3n) is 3.68. The predicted molar refractivity (Wildman–Crippen MR) is 83.1 cm³/mol. The molecular weight excluding hydrogens is 290 g/mol. The normalized spacial score (nSPS) is 13.1. The zero-order chi connectivity index (χ0) is 14.0. The summed E-state index contributed by atoms with van der Waals surface area (Å²) in [4.78, 5) is 12.5. The molecule has 1 unspecified atom stereocenters. The molecule has 3 heteroatoms. The van der Waals surface area contributed by atoms with E-state index in [2.05, 4.69) is 48.9 Å². The topological polar surface area (TPSA) is 29.1 Å². The van der Waals surface area contributed by atoms with Gasteiger partial charge in [-0.25, -0.2) is 0 Å². The van der Waals surface area contributed by atoms with Crippen LogP contribution in [-0.4, -0.2) is 17.3 Å². The van der Waals surface area contributed by atoms with Crippen LogP contribution in [0.1, 0.15) is 66.2 Å². The summed E-state index contributed by atoms with van der Waals surface area (Å²) >= 11 is 3.71. The molecule has 0 aromatic rings. The third kappa shape index (κ3) is 6.77. The van der Waals surface area contributed by atoms with Gasteiger partial charge in [0.1, 0.15) is 0 Å². The van der Waals surface area contributed by atoms with Crippen LogP contribution in [0, 0.1) is 11.8 Å². The molecule has 0 fully saturated rings. The molecule has 0 aromatic carbocycles. The van der Waals surface area contributed by atoms with Gasteiger partial charge in [-0.05, 0) is 18.8 Å². The van der Waals surface area contributed by atoms with Crippen LogP contribution in [0.3, 0.4) is 0 Å². The first-order valence-corrected chi connectivity index (χ1v) is 8.43. The number of hydrogen-bond donors (Lipinski definition) is 1. The lowest BCUT2D eigenvalue weighted by atomic mass is 9.96. The molecule has 1 N–H and O–H groups in total. The van der Waals surface area contributed by atoms with Gasteiger partial charge in [0.25, 0.3) is 0 Å². The van der Waals surface area contributed by atoms with Crippen molar-refractivity contribution in [2.24, 2.45) is 11.8 Å². The molecular formula is C15H30BrNO. The van der Waals surface area contributed by atoms with Crippen LogP contribution < -0.4 is 5.32 Å². The largest absolute Gasteiger partial charge is 0.355 e. The maximum Gasteiger partial charge on any atom is 0.223 e. The number of carbonyl (C=O) groups excluding carboxylic acids is 1. The van der Waals surface area contributed by atoms with Crippen LogP contribution in [0.2, 0.25) is 0 Å². The number of halogens is 1. The first-order chi connectivity index (χ1) is 8.60. The SMILES string of the molecule is CCCC(CCC)C(=O)NCC(Br)C(CC)CC. The molecule has 0 radical (unpaired) electrons.